The van der Waals surface area contributed by atoms with E-state index in [0.29, 0.717) is 12.0 Å². The number of thiazole rings is 1. The number of hydrazine groups is 1. The zero-order valence-corrected chi connectivity index (χ0v) is 8.27. The number of nitrogens with zero attached hydrogens (tertiary/aromatic N) is 1. The predicted octanol–water partition coefficient (Wildman–Crippen LogP) is 1.17. The molecular weight excluding hydrogens is 170 g/mol. The number of hydrogen-bond donors (Lipinski definition) is 2. The predicted molar refractivity (Wildman–Crippen MR) is 51.8 cm³/mol. The van der Waals surface area contributed by atoms with Gasteiger partial charge in [-0.3, -0.25) is 11.3 Å². The Kier molecular flexibility index (Phi) is 3.65. The number of nitrogens with two attached hydrogens (primary N) is 1. The van der Waals surface area contributed by atoms with Gasteiger partial charge in [-0.15, -0.1) is 11.3 Å². The van der Waals surface area contributed by atoms with E-state index in [1.54, 1.807) is 11.3 Å². The van der Waals surface area contributed by atoms with Gasteiger partial charge in [0.05, 0.1) is 5.01 Å². The third kappa shape index (κ3) is 2.55. The number of aromatic nitrogens is 1. The second kappa shape index (κ2) is 4.54. The Morgan fingerprint density at radius 2 is 2.42 bits per heavy atom. The van der Waals surface area contributed by atoms with Crippen molar-refractivity contribution >= 4 is 11.3 Å². The van der Waals surface area contributed by atoms with Crippen molar-refractivity contribution in [2.24, 2.45) is 11.8 Å². The fourth-order valence-corrected chi connectivity index (χ4v) is 1.71. The summed E-state index contributed by atoms with van der Waals surface area (Å²) in [5, 5.41) is 3.13. The van der Waals surface area contributed by atoms with E-state index in [1.165, 1.54) is 0 Å². The lowest BCUT2D eigenvalue weighted by Crippen LogP contribution is -2.40. The molecule has 4 heteroatoms. The Morgan fingerprint density at radius 3 is 2.83 bits per heavy atom. The molecule has 12 heavy (non-hydrogen) atoms. The van der Waals surface area contributed by atoms with E-state index in [-0.39, 0.29) is 0 Å². The molecule has 1 heterocycles. The summed E-state index contributed by atoms with van der Waals surface area (Å²) in [6.45, 7) is 4.30. The summed E-state index contributed by atoms with van der Waals surface area (Å²) >= 11 is 1.68. The van der Waals surface area contributed by atoms with Crippen LogP contribution in [0.25, 0.3) is 0 Å². The van der Waals surface area contributed by atoms with Gasteiger partial charge < -0.3 is 0 Å². The highest BCUT2D eigenvalue weighted by Gasteiger charge is 2.12. The van der Waals surface area contributed by atoms with Crippen molar-refractivity contribution in [2.45, 2.75) is 26.3 Å². The average molecular weight is 185 g/mol. The highest BCUT2D eigenvalue weighted by Crippen LogP contribution is 2.11. The van der Waals surface area contributed by atoms with Gasteiger partial charge in [-0.2, -0.15) is 0 Å². The fraction of sp³-hybridized carbons (Fsp3) is 0.625. The van der Waals surface area contributed by atoms with Crippen molar-refractivity contribution in [1.29, 1.82) is 0 Å². The monoisotopic (exact) mass is 185 g/mol. The Bertz CT molecular complexity index is 208. The van der Waals surface area contributed by atoms with Crippen molar-refractivity contribution in [1.82, 2.24) is 10.4 Å². The second-order valence-electron chi connectivity index (χ2n) is 3.15. The fourth-order valence-electron chi connectivity index (χ4n) is 1.03. The first kappa shape index (κ1) is 9.64. The van der Waals surface area contributed by atoms with Gasteiger partial charge in [0.15, 0.2) is 0 Å². The molecule has 1 unspecified atom stereocenters. The molecule has 1 aromatic rings. The molecule has 68 valence electrons. The van der Waals surface area contributed by atoms with E-state index in [2.05, 4.69) is 24.3 Å². The molecule has 3 nitrogen and oxygen atoms in total. The van der Waals surface area contributed by atoms with Crippen LogP contribution in [0.4, 0.5) is 0 Å². The van der Waals surface area contributed by atoms with Crippen molar-refractivity contribution in [3.05, 3.63) is 16.6 Å². The SMILES string of the molecule is CC(C)C(Cc1nccs1)NN. The van der Waals surface area contributed by atoms with Crippen molar-refractivity contribution in [3.63, 3.8) is 0 Å². The smallest absolute Gasteiger partial charge is 0.0940 e. The summed E-state index contributed by atoms with van der Waals surface area (Å²) in [4.78, 5) is 4.21. The molecule has 1 rings (SSSR count). The molecule has 0 radical (unpaired) electrons. The van der Waals surface area contributed by atoms with Crippen LogP contribution in [0.5, 0.6) is 0 Å². The minimum absolute atomic E-state index is 0.330. The number of hydrogen-bond acceptors (Lipinski definition) is 4. The molecule has 0 fully saturated rings. The molecule has 0 aliphatic carbocycles. The quantitative estimate of drug-likeness (QED) is 0.547. The molecule has 0 aliphatic heterocycles. The van der Waals surface area contributed by atoms with Crippen LogP contribution < -0.4 is 11.3 Å². The van der Waals surface area contributed by atoms with Crippen LogP contribution in [0.1, 0.15) is 18.9 Å². The van der Waals surface area contributed by atoms with Crippen LogP contribution in [0.2, 0.25) is 0 Å². The van der Waals surface area contributed by atoms with Gasteiger partial charge in [-0.1, -0.05) is 13.8 Å². The van der Waals surface area contributed by atoms with E-state index in [1.807, 2.05) is 11.6 Å². The Balaban J connectivity index is 2.48. The lowest BCUT2D eigenvalue weighted by Gasteiger charge is -2.17. The highest BCUT2D eigenvalue weighted by molar-refractivity contribution is 7.09. The van der Waals surface area contributed by atoms with E-state index in [4.69, 9.17) is 5.84 Å². The maximum atomic E-state index is 5.42. The largest absolute Gasteiger partial charge is 0.271 e. The summed E-state index contributed by atoms with van der Waals surface area (Å²) in [6.07, 6.45) is 2.75. The highest BCUT2D eigenvalue weighted by atomic mass is 32.1. The molecule has 1 atom stereocenters. The van der Waals surface area contributed by atoms with Crippen LogP contribution in [0.3, 0.4) is 0 Å². The molecule has 0 spiro atoms. The Hall–Kier alpha value is -0.450. The number of rotatable bonds is 4. The maximum Gasteiger partial charge on any atom is 0.0940 e. The third-order valence-electron chi connectivity index (χ3n) is 1.90. The third-order valence-corrected chi connectivity index (χ3v) is 2.70. The van der Waals surface area contributed by atoms with Gasteiger partial charge >= 0.3 is 0 Å². The lowest BCUT2D eigenvalue weighted by atomic mass is 10.0. The van der Waals surface area contributed by atoms with E-state index in [0.717, 1.165) is 11.4 Å². The Labute approximate surface area is 77.0 Å². The maximum absolute atomic E-state index is 5.42. The zero-order chi connectivity index (χ0) is 8.97. The molecule has 0 saturated heterocycles. The molecule has 0 amide bonds. The summed E-state index contributed by atoms with van der Waals surface area (Å²) in [5.74, 6) is 5.96. The van der Waals surface area contributed by atoms with Gasteiger partial charge in [0.25, 0.3) is 0 Å². The van der Waals surface area contributed by atoms with Crippen LogP contribution in [0, 0.1) is 5.92 Å². The minimum atomic E-state index is 0.330. The molecule has 0 saturated carbocycles. The first-order valence-electron chi connectivity index (χ1n) is 4.08. The minimum Gasteiger partial charge on any atom is -0.271 e. The number of nitrogens with one attached hydrogen (secondary N) is 1. The lowest BCUT2D eigenvalue weighted by molar-refractivity contribution is 0.404. The molecule has 1 aromatic heterocycles. The van der Waals surface area contributed by atoms with Gasteiger partial charge in [0.2, 0.25) is 0 Å². The summed E-state index contributed by atoms with van der Waals surface area (Å²) in [7, 11) is 0. The Morgan fingerprint density at radius 1 is 1.67 bits per heavy atom. The van der Waals surface area contributed by atoms with Crippen molar-refractivity contribution in [3.8, 4) is 0 Å². The second-order valence-corrected chi connectivity index (χ2v) is 4.13. The normalized spacial score (nSPS) is 13.7. The van der Waals surface area contributed by atoms with E-state index in [9.17, 15) is 0 Å². The topological polar surface area (TPSA) is 50.9 Å². The van der Waals surface area contributed by atoms with Crippen molar-refractivity contribution in [2.75, 3.05) is 0 Å². The van der Waals surface area contributed by atoms with E-state index >= 15 is 0 Å². The van der Waals surface area contributed by atoms with E-state index < -0.39 is 0 Å². The first-order chi connectivity index (χ1) is 5.74. The van der Waals surface area contributed by atoms with Gasteiger partial charge in [-0.25, -0.2) is 4.98 Å². The van der Waals surface area contributed by atoms with Gasteiger partial charge in [0, 0.05) is 24.0 Å². The van der Waals surface area contributed by atoms with Gasteiger partial charge in [-0.05, 0) is 5.92 Å². The van der Waals surface area contributed by atoms with Crippen LogP contribution in [-0.4, -0.2) is 11.0 Å². The van der Waals surface area contributed by atoms with Gasteiger partial charge in [0.1, 0.15) is 0 Å². The molecule has 3 N–H and O–H groups in total. The first-order valence-corrected chi connectivity index (χ1v) is 4.96. The van der Waals surface area contributed by atoms with Crippen LogP contribution in [0.15, 0.2) is 11.6 Å². The van der Waals surface area contributed by atoms with Crippen LogP contribution >= 0.6 is 11.3 Å². The summed E-state index contributed by atoms with van der Waals surface area (Å²) < 4.78 is 0. The molecule has 0 aliphatic rings. The standard InChI is InChI=1S/C8H15N3S/c1-6(2)7(11-9)5-8-10-3-4-12-8/h3-4,6-7,11H,5,9H2,1-2H3. The van der Waals surface area contributed by atoms with Crippen LogP contribution in [-0.2, 0) is 6.42 Å². The summed E-state index contributed by atoms with van der Waals surface area (Å²) in [6, 6.07) is 0.330. The van der Waals surface area contributed by atoms with Crippen molar-refractivity contribution < 1.29 is 0 Å². The molecular formula is C8H15N3S. The average Bonchev–Trinajstić information content (AvgIpc) is 2.51. The zero-order valence-electron chi connectivity index (χ0n) is 7.45. The molecule has 0 bridgehead atoms. The summed E-state index contributed by atoms with van der Waals surface area (Å²) in [5.41, 5.74) is 2.81. The molecule has 0 aromatic carbocycles.